The number of hydrogen-bond donors (Lipinski definition) is 2. The van der Waals surface area contributed by atoms with E-state index in [1.165, 1.54) is 0 Å². The van der Waals surface area contributed by atoms with E-state index < -0.39 is 42.4 Å². The third-order valence-electron chi connectivity index (χ3n) is 2.96. The highest BCUT2D eigenvalue weighted by atomic mass is 19.4. The van der Waals surface area contributed by atoms with E-state index in [-0.39, 0.29) is 19.5 Å². The molecule has 0 saturated carbocycles. The molecule has 1 aliphatic heterocycles. The van der Waals surface area contributed by atoms with E-state index in [4.69, 9.17) is 0 Å². The van der Waals surface area contributed by atoms with Gasteiger partial charge in [-0.3, -0.25) is 9.59 Å². The third kappa shape index (κ3) is 4.66. The summed E-state index contributed by atoms with van der Waals surface area (Å²) in [6.07, 6.45) is -11.0. The minimum atomic E-state index is -5.12. The summed E-state index contributed by atoms with van der Waals surface area (Å²) in [5, 5.41) is 4.28. The summed E-state index contributed by atoms with van der Waals surface area (Å²) in [5.74, 6) is -5.21. The van der Waals surface area contributed by atoms with E-state index in [1.54, 1.807) is 5.32 Å². The fraction of sp³-hybridized carbons (Fsp3) is 0.800. The van der Waals surface area contributed by atoms with Crippen LogP contribution < -0.4 is 10.6 Å². The van der Waals surface area contributed by atoms with E-state index in [1.807, 2.05) is 0 Å². The zero-order valence-electron chi connectivity index (χ0n) is 10.1. The second-order valence-corrected chi connectivity index (χ2v) is 4.46. The van der Waals surface area contributed by atoms with Crippen molar-refractivity contribution in [2.75, 3.05) is 13.1 Å². The highest BCUT2D eigenvalue weighted by Crippen LogP contribution is 2.25. The van der Waals surface area contributed by atoms with Crippen LogP contribution in [0.5, 0.6) is 0 Å². The van der Waals surface area contributed by atoms with Gasteiger partial charge in [-0.05, 0) is 18.9 Å². The molecule has 1 heterocycles. The Balaban J connectivity index is 2.68. The van der Waals surface area contributed by atoms with E-state index >= 15 is 0 Å². The first-order valence-corrected chi connectivity index (χ1v) is 5.70. The molecule has 0 radical (unpaired) electrons. The van der Waals surface area contributed by atoms with Crippen LogP contribution in [0.3, 0.4) is 0 Å². The smallest absolute Gasteiger partial charge is 0.344 e. The van der Waals surface area contributed by atoms with Crippen molar-refractivity contribution in [2.24, 2.45) is 5.92 Å². The van der Waals surface area contributed by atoms with Gasteiger partial charge in [0.1, 0.15) is 0 Å². The topological polar surface area (TPSA) is 58.2 Å². The molecule has 2 unspecified atom stereocenters. The molecule has 20 heavy (non-hydrogen) atoms. The monoisotopic (exact) mass is 306 g/mol. The lowest BCUT2D eigenvalue weighted by atomic mass is 9.88. The Morgan fingerprint density at radius 1 is 1.10 bits per heavy atom. The Hall–Kier alpha value is -1.32. The van der Waals surface area contributed by atoms with Crippen molar-refractivity contribution in [2.45, 2.75) is 31.2 Å². The van der Waals surface area contributed by atoms with Gasteiger partial charge in [-0.25, -0.2) is 0 Å². The summed E-state index contributed by atoms with van der Waals surface area (Å²) >= 11 is 0. The van der Waals surface area contributed by atoms with Crippen LogP contribution in [0.4, 0.5) is 26.3 Å². The fourth-order valence-corrected chi connectivity index (χ4v) is 1.93. The van der Waals surface area contributed by atoms with Gasteiger partial charge in [-0.1, -0.05) is 0 Å². The van der Waals surface area contributed by atoms with Gasteiger partial charge in [0.05, 0.1) is 0 Å². The van der Waals surface area contributed by atoms with Crippen molar-refractivity contribution in [1.82, 2.24) is 10.6 Å². The number of hydrogen-bond acceptors (Lipinski definition) is 3. The molecular formula is C10H12F6N2O2. The van der Waals surface area contributed by atoms with E-state index in [0.717, 1.165) is 0 Å². The number of carbonyl (C=O) groups excluding carboxylic acids is 2. The Morgan fingerprint density at radius 2 is 1.70 bits per heavy atom. The standard InChI is InChI=1S/C10H12F6N2O2/c11-9(12,13)7(19)3-5-1-2-17-4-6(5)18-8(20)10(14,15)16/h5-6,17H,1-4H2,(H,18,20). The number of nitrogens with one attached hydrogen (secondary N) is 2. The zero-order valence-corrected chi connectivity index (χ0v) is 10.1. The molecule has 0 aliphatic carbocycles. The predicted molar refractivity (Wildman–Crippen MR) is 54.6 cm³/mol. The fourth-order valence-electron chi connectivity index (χ4n) is 1.93. The van der Waals surface area contributed by atoms with E-state index in [9.17, 15) is 35.9 Å². The van der Waals surface area contributed by atoms with Gasteiger partial charge in [-0.2, -0.15) is 26.3 Å². The normalized spacial score (nSPS) is 24.3. The van der Waals surface area contributed by atoms with Crippen LogP contribution in [0.25, 0.3) is 0 Å². The van der Waals surface area contributed by atoms with Crippen molar-refractivity contribution in [1.29, 1.82) is 0 Å². The van der Waals surface area contributed by atoms with Crippen LogP contribution in [-0.2, 0) is 9.59 Å². The predicted octanol–water partition coefficient (Wildman–Crippen LogP) is 1.16. The highest BCUT2D eigenvalue weighted by molar-refractivity contribution is 5.84. The first-order chi connectivity index (χ1) is 9.01. The molecule has 1 fully saturated rings. The van der Waals surface area contributed by atoms with E-state index in [0.29, 0.717) is 0 Å². The number of carbonyl (C=O) groups is 2. The number of halogens is 6. The second-order valence-electron chi connectivity index (χ2n) is 4.46. The van der Waals surface area contributed by atoms with Gasteiger partial charge in [0, 0.05) is 19.0 Å². The van der Waals surface area contributed by atoms with Crippen molar-refractivity contribution in [3.63, 3.8) is 0 Å². The van der Waals surface area contributed by atoms with Gasteiger partial charge in [-0.15, -0.1) is 0 Å². The molecule has 4 nitrogen and oxygen atoms in total. The summed E-state index contributed by atoms with van der Waals surface area (Å²) in [6, 6.07) is -1.16. The van der Waals surface area contributed by atoms with Crippen LogP contribution in [0.2, 0.25) is 0 Å². The van der Waals surface area contributed by atoms with Gasteiger partial charge in [0.25, 0.3) is 0 Å². The summed E-state index contributed by atoms with van der Waals surface area (Å²) in [4.78, 5) is 21.7. The highest BCUT2D eigenvalue weighted by Gasteiger charge is 2.44. The molecule has 1 saturated heterocycles. The average molecular weight is 306 g/mol. The van der Waals surface area contributed by atoms with Crippen LogP contribution in [-0.4, -0.2) is 43.2 Å². The number of piperidine rings is 1. The molecule has 2 atom stereocenters. The minimum Gasteiger partial charge on any atom is -0.344 e. The summed E-state index contributed by atoms with van der Waals surface area (Å²) in [7, 11) is 0. The third-order valence-corrected chi connectivity index (χ3v) is 2.96. The minimum absolute atomic E-state index is 0.0740. The molecule has 0 bridgehead atoms. The Kier molecular flexibility index (Phi) is 5.00. The molecule has 1 aliphatic rings. The maximum Gasteiger partial charge on any atom is 0.471 e. The first kappa shape index (κ1) is 16.7. The SMILES string of the molecule is O=C(CC1CCNCC1NC(=O)C(F)(F)F)C(F)(F)F. The van der Waals surface area contributed by atoms with Crippen LogP contribution in [0, 0.1) is 5.92 Å². The van der Waals surface area contributed by atoms with Crippen molar-refractivity contribution >= 4 is 11.7 Å². The molecule has 116 valence electrons. The first-order valence-electron chi connectivity index (χ1n) is 5.70. The summed E-state index contributed by atoms with van der Waals surface area (Å²) in [6.45, 7) is 0.159. The number of rotatable bonds is 3. The van der Waals surface area contributed by atoms with Gasteiger partial charge in [0.2, 0.25) is 5.78 Å². The summed E-state index contributed by atoms with van der Waals surface area (Å²) < 4.78 is 72.8. The molecule has 0 aromatic rings. The van der Waals surface area contributed by atoms with E-state index in [2.05, 4.69) is 5.32 Å². The molecule has 2 N–H and O–H groups in total. The van der Waals surface area contributed by atoms with Gasteiger partial charge >= 0.3 is 18.3 Å². The lowest BCUT2D eigenvalue weighted by molar-refractivity contribution is -0.176. The maximum atomic E-state index is 12.2. The van der Waals surface area contributed by atoms with Crippen LogP contribution in [0.15, 0.2) is 0 Å². The molecule has 0 aromatic carbocycles. The van der Waals surface area contributed by atoms with Crippen LogP contribution >= 0.6 is 0 Å². The molecular weight excluding hydrogens is 294 g/mol. The Morgan fingerprint density at radius 3 is 2.20 bits per heavy atom. The average Bonchev–Trinajstić information content (AvgIpc) is 2.29. The zero-order chi connectivity index (χ0) is 15.6. The molecule has 1 amide bonds. The number of alkyl halides is 6. The van der Waals surface area contributed by atoms with Crippen molar-refractivity contribution in [3.05, 3.63) is 0 Å². The van der Waals surface area contributed by atoms with Gasteiger partial charge in [0.15, 0.2) is 0 Å². The molecule has 0 aromatic heterocycles. The molecule has 0 spiro atoms. The van der Waals surface area contributed by atoms with Gasteiger partial charge < -0.3 is 10.6 Å². The second kappa shape index (κ2) is 5.98. The Labute approximate surface area is 109 Å². The Bertz CT molecular complexity index is 343. The lowest BCUT2D eigenvalue weighted by Gasteiger charge is -2.32. The number of amides is 1. The molecule has 1 rings (SSSR count). The largest absolute Gasteiger partial charge is 0.471 e. The van der Waals surface area contributed by atoms with Crippen molar-refractivity contribution < 1.29 is 35.9 Å². The lowest BCUT2D eigenvalue weighted by Crippen LogP contribution is -2.54. The number of ketones is 1. The van der Waals surface area contributed by atoms with Crippen molar-refractivity contribution in [3.8, 4) is 0 Å². The maximum absolute atomic E-state index is 12.2. The molecule has 10 heteroatoms. The van der Waals surface area contributed by atoms with Crippen LogP contribution in [0.1, 0.15) is 12.8 Å². The number of Topliss-reactive ketones (excluding diaryl/α,β-unsaturated/α-hetero) is 1. The summed E-state index contributed by atoms with van der Waals surface area (Å²) in [5.41, 5.74) is 0. The quantitative estimate of drug-likeness (QED) is 0.770.